The first kappa shape index (κ1) is 19.4. The summed E-state index contributed by atoms with van der Waals surface area (Å²) < 4.78 is 46.2. The van der Waals surface area contributed by atoms with Gasteiger partial charge in [-0.2, -0.15) is 0 Å². The predicted octanol–water partition coefficient (Wildman–Crippen LogP) is 1.41. The molecular formula is C17H30O8. The Morgan fingerprint density at radius 1 is 0.960 bits per heavy atom. The van der Waals surface area contributed by atoms with E-state index in [0.717, 1.165) is 0 Å². The second-order valence-corrected chi connectivity index (χ2v) is 7.47. The van der Waals surface area contributed by atoms with Crippen LogP contribution in [0.4, 0.5) is 0 Å². The largest absolute Gasteiger partial charge is 0.382 e. The molecule has 0 spiro atoms. The molecule has 3 aliphatic rings. The van der Waals surface area contributed by atoms with Gasteiger partial charge in [-0.3, -0.25) is 0 Å². The van der Waals surface area contributed by atoms with Gasteiger partial charge in [-0.25, -0.2) is 0 Å². The van der Waals surface area contributed by atoms with Gasteiger partial charge < -0.3 is 37.9 Å². The van der Waals surface area contributed by atoms with Gasteiger partial charge in [-0.15, -0.1) is 0 Å². The zero-order chi connectivity index (χ0) is 18.2. The third-order valence-electron chi connectivity index (χ3n) is 4.41. The van der Waals surface area contributed by atoms with Crippen LogP contribution in [0.3, 0.4) is 0 Å². The SMILES string of the molecule is COCCOC(C)OC1O[C@H](C2COC(C)(C)O2)[C@@H]2OC(C)(C)O[C@H]12. The summed E-state index contributed by atoms with van der Waals surface area (Å²) in [6, 6.07) is 0. The Labute approximate surface area is 148 Å². The number of hydrogen-bond donors (Lipinski definition) is 0. The highest BCUT2D eigenvalue weighted by molar-refractivity contribution is 4.99. The lowest BCUT2D eigenvalue weighted by molar-refractivity contribution is -0.285. The number of rotatable bonds is 7. The third-order valence-corrected chi connectivity index (χ3v) is 4.41. The van der Waals surface area contributed by atoms with E-state index in [4.69, 9.17) is 37.9 Å². The summed E-state index contributed by atoms with van der Waals surface area (Å²) in [4.78, 5) is 0. The molecule has 0 aromatic heterocycles. The second-order valence-electron chi connectivity index (χ2n) is 7.47. The minimum absolute atomic E-state index is 0.238. The number of hydrogen-bond acceptors (Lipinski definition) is 8. The highest BCUT2D eigenvalue weighted by Gasteiger charge is 2.59. The molecule has 0 amide bonds. The van der Waals surface area contributed by atoms with Crippen molar-refractivity contribution in [3.8, 4) is 0 Å². The standard InChI is InChI=1S/C17H30O8/c1-10(19-8-7-18-6)21-15-14-13(24-17(4,5)25-14)12(22-15)11-9-20-16(2,3)23-11/h10-15H,7-9H2,1-6H3/t10?,11?,12-,13+,14+,15?/m1/s1. The maximum atomic E-state index is 6.09. The molecule has 0 aliphatic carbocycles. The average molecular weight is 362 g/mol. The van der Waals surface area contributed by atoms with Crippen LogP contribution in [0, 0.1) is 0 Å². The minimum Gasteiger partial charge on any atom is -0.382 e. The molecule has 3 aliphatic heterocycles. The summed E-state index contributed by atoms with van der Waals surface area (Å²) in [5.74, 6) is -1.33. The second kappa shape index (κ2) is 7.36. The molecule has 8 nitrogen and oxygen atoms in total. The van der Waals surface area contributed by atoms with Gasteiger partial charge in [0.25, 0.3) is 0 Å². The van der Waals surface area contributed by atoms with Gasteiger partial charge in [-0.05, 0) is 34.6 Å². The van der Waals surface area contributed by atoms with Gasteiger partial charge in [0, 0.05) is 7.11 Å². The Balaban J connectivity index is 1.64. The fourth-order valence-electron chi connectivity index (χ4n) is 3.40. The molecule has 3 rings (SSSR count). The van der Waals surface area contributed by atoms with Crippen molar-refractivity contribution in [1.29, 1.82) is 0 Å². The van der Waals surface area contributed by atoms with Gasteiger partial charge in [0.15, 0.2) is 24.2 Å². The third kappa shape index (κ3) is 4.51. The summed E-state index contributed by atoms with van der Waals surface area (Å²) in [5.41, 5.74) is 0. The Morgan fingerprint density at radius 2 is 1.68 bits per heavy atom. The Morgan fingerprint density at radius 3 is 2.32 bits per heavy atom. The van der Waals surface area contributed by atoms with Crippen molar-refractivity contribution in [2.75, 3.05) is 26.9 Å². The van der Waals surface area contributed by atoms with Gasteiger partial charge >= 0.3 is 0 Å². The summed E-state index contributed by atoms with van der Waals surface area (Å²) >= 11 is 0. The van der Waals surface area contributed by atoms with Crippen molar-refractivity contribution in [3.63, 3.8) is 0 Å². The summed E-state index contributed by atoms with van der Waals surface area (Å²) in [6.45, 7) is 10.7. The van der Waals surface area contributed by atoms with Crippen LogP contribution in [0.5, 0.6) is 0 Å². The molecule has 0 saturated carbocycles. The summed E-state index contributed by atoms with van der Waals surface area (Å²) in [5, 5.41) is 0. The fraction of sp³-hybridized carbons (Fsp3) is 1.00. The van der Waals surface area contributed by atoms with Crippen LogP contribution in [0.2, 0.25) is 0 Å². The van der Waals surface area contributed by atoms with Crippen molar-refractivity contribution in [2.45, 2.75) is 83.2 Å². The fourth-order valence-corrected chi connectivity index (χ4v) is 3.40. The van der Waals surface area contributed by atoms with E-state index in [1.54, 1.807) is 7.11 Å². The summed E-state index contributed by atoms with van der Waals surface area (Å²) in [7, 11) is 1.63. The molecule has 6 atom stereocenters. The lowest BCUT2D eigenvalue weighted by atomic mass is 10.1. The first-order valence-electron chi connectivity index (χ1n) is 8.80. The highest BCUT2D eigenvalue weighted by atomic mass is 16.8. The van der Waals surface area contributed by atoms with E-state index < -0.39 is 24.2 Å². The number of ether oxygens (including phenoxy) is 8. The highest BCUT2D eigenvalue weighted by Crippen LogP contribution is 2.42. The minimum atomic E-state index is -0.700. The Kier molecular flexibility index (Phi) is 5.72. The van der Waals surface area contributed by atoms with Crippen molar-refractivity contribution in [3.05, 3.63) is 0 Å². The first-order valence-corrected chi connectivity index (χ1v) is 8.80. The summed E-state index contributed by atoms with van der Waals surface area (Å²) in [6.07, 6.45) is -2.25. The molecule has 0 bridgehead atoms. The van der Waals surface area contributed by atoms with Gasteiger partial charge in [0.2, 0.25) is 0 Å². The lowest BCUT2D eigenvalue weighted by Crippen LogP contribution is -2.40. The molecule has 8 heteroatoms. The molecule has 0 aromatic carbocycles. The van der Waals surface area contributed by atoms with Crippen molar-refractivity contribution in [1.82, 2.24) is 0 Å². The van der Waals surface area contributed by atoms with E-state index in [9.17, 15) is 0 Å². The molecule has 0 aromatic rings. The Bertz CT molecular complexity index is 454. The van der Waals surface area contributed by atoms with Crippen LogP contribution in [0.15, 0.2) is 0 Å². The maximum absolute atomic E-state index is 6.09. The lowest BCUT2D eigenvalue weighted by Gasteiger charge is -2.27. The van der Waals surface area contributed by atoms with Crippen LogP contribution < -0.4 is 0 Å². The van der Waals surface area contributed by atoms with Crippen molar-refractivity contribution < 1.29 is 37.9 Å². The van der Waals surface area contributed by atoms with E-state index >= 15 is 0 Å². The van der Waals surface area contributed by atoms with Crippen LogP contribution in [0.1, 0.15) is 34.6 Å². The predicted molar refractivity (Wildman–Crippen MR) is 85.8 cm³/mol. The number of fused-ring (bicyclic) bond motifs is 1. The quantitative estimate of drug-likeness (QED) is 0.497. The zero-order valence-corrected chi connectivity index (χ0v) is 15.9. The van der Waals surface area contributed by atoms with Crippen molar-refractivity contribution >= 4 is 0 Å². The van der Waals surface area contributed by atoms with Crippen LogP contribution in [-0.2, 0) is 37.9 Å². The smallest absolute Gasteiger partial charge is 0.190 e. The molecule has 3 fully saturated rings. The van der Waals surface area contributed by atoms with E-state index in [0.29, 0.717) is 19.8 Å². The van der Waals surface area contributed by atoms with Crippen LogP contribution in [-0.4, -0.2) is 75.5 Å². The zero-order valence-electron chi connectivity index (χ0n) is 15.9. The van der Waals surface area contributed by atoms with Gasteiger partial charge in [0.1, 0.15) is 24.4 Å². The Hall–Kier alpha value is -0.320. The molecule has 146 valence electrons. The van der Waals surface area contributed by atoms with Gasteiger partial charge in [-0.1, -0.05) is 0 Å². The molecule has 3 heterocycles. The molecule has 3 unspecified atom stereocenters. The van der Waals surface area contributed by atoms with Gasteiger partial charge in [0.05, 0.1) is 19.8 Å². The van der Waals surface area contributed by atoms with E-state index in [1.807, 2.05) is 34.6 Å². The molecular weight excluding hydrogens is 332 g/mol. The number of methoxy groups -OCH3 is 1. The molecule has 25 heavy (non-hydrogen) atoms. The van der Waals surface area contributed by atoms with E-state index in [-0.39, 0.29) is 24.4 Å². The van der Waals surface area contributed by atoms with Crippen LogP contribution >= 0.6 is 0 Å². The van der Waals surface area contributed by atoms with E-state index in [1.165, 1.54) is 0 Å². The average Bonchev–Trinajstić information content (AvgIpc) is 3.11. The van der Waals surface area contributed by atoms with E-state index in [2.05, 4.69) is 0 Å². The normalized spacial score (nSPS) is 40.3. The molecule has 0 radical (unpaired) electrons. The first-order chi connectivity index (χ1) is 11.7. The monoisotopic (exact) mass is 362 g/mol. The molecule has 0 N–H and O–H groups in total. The topological polar surface area (TPSA) is 73.8 Å². The van der Waals surface area contributed by atoms with Crippen LogP contribution in [0.25, 0.3) is 0 Å². The maximum Gasteiger partial charge on any atom is 0.190 e. The molecule has 3 saturated heterocycles. The van der Waals surface area contributed by atoms with Crippen molar-refractivity contribution in [2.24, 2.45) is 0 Å².